The van der Waals surface area contributed by atoms with Crippen molar-refractivity contribution < 1.29 is 28.6 Å². The van der Waals surface area contributed by atoms with Gasteiger partial charge in [-0.05, 0) is 78.9 Å². The van der Waals surface area contributed by atoms with E-state index in [2.05, 4.69) is 14.7 Å². The number of ether oxygens (including phenoxy) is 3. The molecular formula is C38H41N5O6. The standard InChI is InChI=1S/C38H41N5O6/c1-25-12-18-32(42(3)35(45)19-17-30(44)16-14-27-13-15-28(40-22-27)21-36(46)47-4)26(2)31(25)24-49-34-11-8-10-33-37(34)41-38(48-5)43(33)23-29-9-6-7-20-39-29/h6-13,15,18,20,22H,14,16-17,19,21,23-24H2,1-5H3. The molecule has 0 atom stereocenters. The molecule has 0 N–H and O–H groups in total. The molecule has 49 heavy (non-hydrogen) atoms. The number of para-hydroxylation sites is 1. The van der Waals surface area contributed by atoms with Gasteiger partial charge < -0.3 is 19.1 Å². The molecule has 254 valence electrons. The Morgan fingerprint density at radius 1 is 0.878 bits per heavy atom. The fraction of sp³-hybridized carbons (Fsp3) is 0.316. The number of rotatable bonds is 15. The van der Waals surface area contributed by atoms with E-state index in [1.165, 1.54) is 7.11 Å². The van der Waals surface area contributed by atoms with Gasteiger partial charge in [-0.25, -0.2) is 0 Å². The number of pyridine rings is 2. The van der Waals surface area contributed by atoms with Crippen molar-refractivity contribution in [2.24, 2.45) is 0 Å². The van der Waals surface area contributed by atoms with E-state index in [-0.39, 0.29) is 43.5 Å². The van der Waals surface area contributed by atoms with Gasteiger partial charge in [0.15, 0.2) is 0 Å². The van der Waals surface area contributed by atoms with Crippen molar-refractivity contribution in [3.63, 3.8) is 0 Å². The number of carbonyl (C=O) groups excluding carboxylic acids is 3. The van der Waals surface area contributed by atoms with Crippen LogP contribution < -0.4 is 14.4 Å². The molecule has 0 fully saturated rings. The summed E-state index contributed by atoms with van der Waals surface area (Å²) in [6.07, 6.45) is 4.61. The molecule has 0 aliphatic heterocycles. The number of anilines is 1. The average Bonchev–Trinajstić information content (AvgIpc) is 3.48. The van der Waals surface area contributed by atoms with Crippen LogP contribution in [0.1, 0.15) is 52.9 Å². The van der Waals surface area contributed by atoms with E-state index in [1.807, 2.05) is 73.0 Å². The van der Waals surface area contributed by atoms with E-state index >= 15 is 0 Å². The Morgan fingerprint density at radius 3 is 2.43 bits per heavy atom. The zero-order valence-electron chi connectivity index (χ0n) is 28.6. The van der Waals surface area contributed by atoms with Crippen molar-refractivity contribution >= 4 is 34.4 Å². The third kappa shape index (κ3) is 8.48. The van der Waals surface area contributed by atoms with Crippen molar-refractivity contribution in [2.75, 3.05) is 26.2 Å². The highest BCUT2D eigenvalue weighted by molar-refractivity contribution is 5.96. The maximum absolute atomic E-state index is 13.2. The first-order valence-corrected chi connectivity index (χ1v) is 16.1. The number of benzene rings is 2. The van der Waals surface area contributed by atoms with Crippen LogP contribution in [0.25, 0.3) is 11.0 Å². The molecule has 1 amide bonds. The van der Waals surface area contributed by atoms with Crippen LogP contribution in [0.5, 0.6) is 11.8 Å². The minimum atomic E-state index is -0.355. The summed E-state index contributed by atoms with van der Waals surface area (Å²) in [5, 5.41) is 0. The van der Waals surface area contributed by atoms with E-state index in [4.69, 9.17) is 14.5 Å². The largest absolute Gasteiger partial charge is 0.487 e. The first kappa shape index (κ1) is 34.7. The highest BCUT2D eigenvalue weighted by Crippen LogP contribution is 2.32. The number of nitrogens with zero attached hydrogens (tertiary/aromatic N) is 5. The van der Waals surface area contributed by atoms with Crippen molar-refractivity contribution in [1.82, 2.24) is 19.5 Å². The molecule has 5 aromatic rings. The fourth-order valence-corrected chi connectivity index (χ4v) is 5.68. The molecule has 5 rings (SSSR count). The Bertz CT molecular complexity index is 1940. The molecule has 3 aromatic heterocycles. The van der Waals surface area contributed by atoms with Crippen LogP contribution in [0.4, 0.5) is 5.69 Å². The number of imidazole rings is 1. The maximum atomic E-state index is 13.2. The molecule has 2 aromatic carbocycles. The van der Waals surface area contributed by atoms with E-state index in [1.54, 1.807) is 37.5 Å². The zero-order chi connectivity index (χ0) is 34.9. The maximum Gasteiger partial charge on any atom is 0.311 e. The SMILES string of the molecule is COC(=O)Cc1ccc(CCC(=O)CCC(=O)N(C)c2ccc(C)c(COc3cccc4c3nc(OC)n4Cc3ccccn3)c2C)cn1. The number of aromatic nitrogens is 4. The molecule has 0 aliphatic carbocycles. The molecule has 0 radical (unpaired) electrons. The van der Waals surface area contributed by atoms with E-state index in [0.29, 0.717) is 42.4 Å². The molecule has 0 unspecified atom stereocenters. The van der Waals surface area contributed by atoms with Crippen molar-refractivity contribution in [3.05, 3.63) is 107 Å². The molecule has 0 spiro atoms. The number of hydrogen-bond acceptors (Lipinski definition) is 9. The summed E-state index contributed by atoms with van der Waals surface area (Å²) in [6, 6.07) is 19.6. The van der Waals surface area contributed by atoms with Gasteiger partial charge in [0.25, 0.3) is 6.01 Å². The molecule has 11 nitrogen and oxygen atoms in total. The summed E-state index contributed by atoms with van der Waals surface area (Å²) in [7, 11) is 4.67. The van der Waals surface area contributed by atoms with E-state index in [0.717, 1.165) is 39.2 Å². The quantitative estimate of drug-likeness (QED) is 0.129. The Labute approximate surface area is 285 Å². The van der Waals surface area contributed by atoms with Crippen LogP contribution in [0.15, 0.2) is 73.1 Å². The second-order valence-corrected chi connectivity index (χ2v) is 11.8. The summed E-state index contributed by atoms with van der Waals surface area (Å²) < 4.78 is 18.6. The second kappa shape index (κ2) is 16.0. The molecule has 3 heterocycles. The first-order chi connectivity index (χ1) is 23.7. The lowest BCUT2D eigenvalue weighted by Gasteiger charge is -2.23. The zero-order valence-corrected chi connectivity index (χ0v) is 28.6. The number of esters is 1. The number of aryl methyl sites for hydroxylation is 2. The molecule has 0 saturated heterocycles. The van der Waals surface area contributed by atoms with Crippen LogP contribution in [-0.4, -0.2) is 58.4 Å². The monoisotopic (exact) mass is 663 g/mol. The van der Waals surface area contributed by atoms with Crippen LogP contribution in [0.2, 0.25) is 0 Å². The topological polar surface area (TPSA) is 126 Å². The van der Waals surface area contributed by atoms with Crippen molar-refractivity contribution in [2.45, 2.75) is 59.1 Å². The smallest absolute Gasteiger partial charge is 0.311 e. The van der Waals surface area contributed by atoms with Crippen LogP contribution in [0, 0.1) is 13.8 Å². The number of methoxy groups -OCH3 is 2. The number of ketones is 1. The van der Waals surface area contributed by atoms with Crippen LogP contribution in [0.3, 0.4) is 0 Å². The van der Waals surface area contributed by atoms with Crippen molar-refractivity contribution in [3.8, 4) is 11.8 Å². The van der Waals surface area contributed by atoms with Gasteiger partial charge in [-0.15, -0.1) is 0 Å². The summed E-state index contributed by atoms with van der Waals surface area (Å²) >= 11 is 0. The highest BCUT2D eigenvalue weighted by atomic mass is 16.5. The summed E-state index contributed by atoms with van der Waals surface area (Å²) in [4.78, 5) is 52.3. The van der Waals surface area contributed by atoms with Gasteiger partial charge in [0.1, 0.15) is 23.7 Å². The number of hydrogen-bond donors (Lipinski definition) is 0. The predicted molar refractivity (Wildman–Crippen MR) is 186 cm³/mol. The van der Waals surface area contributed by atoms with Gasteiger partial charge in [0, 0.05) is 44.4 Å². The Hall–Kier alpha value is -5.58. The minimum Gasteiger partial charge on any atom is -0.487 e. The lowest BCUT2D eigenvalue weighted by Crippen LogP contribution is -2.27. The normalized spacial score (nSPS) is 11.0. The van der Waals surface area contributed by atoms with Crippen LogP contribution >= 0.6 is 0 Å². The lowest BCUT2D eigenvalue weighted by molar-refractivity contribution is -0.139. The van der Waals surface area contributed by atoms with E-state index in [9.17, 15) is 14.4 Å². The van der Waals surface area contributed by atoms with E-state index < -0.39 is 0 Å². The Balaban J connectivity index is 1.20. The number of fused-ring (bicyclic) bond motifs is 1. The average molecular weight is 664 g/mol. The predicted octanol–water partition coefficient (Wildman–Crippen LogP) is 5.74. The van der Waals surface area contributed by atoms with Crippen molar-refractivity contribution in [1.29, 1.82) is 0 Å². The molecule has 0 saturated carbocycles. The fourth-order valence-electron chi connectivity index (χ4n) is 5.68. The number of Topliss-reactive ketones (excluding diaryl/α,β-unsaturated/α-hetero) is 1. The molecular weight excluding hydrogens is 622 g/mol. The Morgan fingerprint density at radius 2 is 1.71 bits per heavy atom. The highest BCUT2D eigenvalue weighted by Gasteiger charge is 2.20. The third-order valence-electron chi connectivity index (χ3n) is 8.60. The third-order valence-corrected chi connectivity index (χ3v) is 8.60. The first-order valence-electron chi connectivity index (χ1n) is 16.1. The van der Waals surface area contributed by atoms with Gasteiger partial charge in [-0.2, -0.15) is 4.98 Å². The summed E-state index contributed by atoms with van der Waals surface area (Å²) in [6.45, 7) is 4.77. The van der Waals surface area contributed by atoms with Gasteiger partial charge >= 0.3 is 5.97 Å². The minimum absolute atomic E-state index is 0.00313. The second-order valence-electron chi connectivity index (χ2n) is 11.8. The summed E-state index contributed by atoms with van der Waals surface area (Å²) in [5.41, 5.74) is 7.64. The van der Waals surface area contributed by atoms with Gasteiger partial charge in [-0.3, -0.25) is 28.9 Å². The summed E-state index contributed by atoms with van der Waals surface area (Å²) in [5.74, 6) is 0.127. The van der Waals surface area contributed by atoms with Crippen LogP contribution in [-0.2, 0) is 45.1 Å². The van der Waals surface area contributed by atoms with Gasteiger partial charge in [0.2, 0.25) is 5.91 Å². The lowest BCUT2D eigenvalue weighted by atomic mass is 10.0. The number of carbonyl (C=O) groups is 3. The Kier molecular flexibility index (Phi) is 11.4. The van der Waals surface area contributed by atoms with Gasteiger partial charge in [-0.1, -0.05) is 24.3 Å². The van der Waals surface area contributed by atoms with Gasteiger partial charge in [0.05, 0.1) is 44.1 Å². The number of amides is 1. The molecule has 0 bridgehead atoms. The molecule has 0 aliphatic rings. The molecule has 11 heteroatoms.